The van der Waals surface area contributed by atoms with E-state index in [-0.39, 0.29) is 28.1 Å². The largest absolute Gasteiger partial charge is 0.508 e. The number of phenols is 1. The fourth-order valence-corrected chi connectivity index (χ4v) is 6.96. The Labute approximate surface area is 236 Å². The highest BCUT2D eigenvalue weighted by atomic mass is 32.2. The molecule has 2 unspecified atom stereocenters. The molecule has 3 aliphatic rings. The Morgan fingerprint density at radius 3 is 2.40 bits per heavy atom. The molecule has 204 valence electrons. The summed E-state index contributed by atoms with van der Waals surface area (Å²) >= 11 is 1.23. The molecule has 2 aromatic carbocycles. The zero-order valence-electron chi connectivity index (χ0n) is 22.4. The van der Waals surface area contributed by atoms with Crippen LogP contribution in [0.2, 0.25) is 0 Å². The predicted octanol–water partition coefficient (Wildman–Crippen LogP) is 7.03. The average Bonchev–Trinajstić information content (AvgIpc) is 3.63. The standard InChI is InChI=1S/C31H29N3O5S/c1-30(2)20-14-15-31(30,3)26(16-20)32-33-29-34(21-8-10-22(35)11-9-21)27(36)25(40-29)17-23-12-13-24(39-23)18-4-6-19(7-5-18)28(37)38/h4-13,17,20,35H,14-16H2,1-3H3,(H,37,38). The lowest BCUT2D eigenvalue weighted by Gasteiger charge is -2.34. The number of hydrogen-bond acceptors (Lipinski definition) is 7. The molecule has 1 saturated heterocycles. The van der Waals surface area contributed by atoms with Crippen molar-refractivity contribution < 1.29 is 24.2 Å². The van der Waals surface area contributed by atoms with Crippen LogP contribution in [0, 0.1) is 16.7 Å². The summed E-state index contributed by atoms with van der Waals surface area (Å²) in [6, 6.07) is 16.4. The monoisotopic (exact) mass is 555 g/mol. The number of carboxylic acids is 1. The summed E-state index contributed by atoms with van der Waals surface area (Å²) in [5, 5.41) is 28.7. The lowest BCUT2D eigenvalue weighted by Crippen LogP contribution is -2.32. The molecule has 2 aliphatic carbocycles. The molecule has 0 radical (unpaired) electrons. The molecular weight excluding hydrogens is 526 g/mol. The number of aromatic carboxylic acids is 1. The Balaban J connectivity index is 1.32. The van der Waals surface area contributed by atoms with E-state index in [4.69, 9.17) is 14.6 Å². The lowest BCUT2D eigenvalue weighted by molar-refractivity contribution is -0.113. The first-order valence-corrected chi connectivity index (χ1v) is 14.0. The van der Waals surface area contributed by atoms with Gasteiger partial charge in [-0.05, 0) is 90.9 Å². The minimum atomic E-state index is -0.993. The van der Waals surface area contributed by atoms with Crippen LogP contribution in [0.1, 0.15) is 56.2 Å². The van der Waals surface area contributed by atoms with E-state index in [2.05, 4.69) is 25.9 Å². The van der Waals surface area contributed by atoms with Crippen molar-refractivity contribution in [1.82, 2.24) is 0 Å². The van der Waals surface area contributed by atoms with Crippen LogP contribution in [0.4, 0.5) is 5.69 Å². The second kappa shape index (κ2) is 9.52. The Morgan fingerprint density at radius 2 is 1.77 bits per heavy atom. The minimum absolute atomic E-state index is 0.00964. The van der Waals surface area contributed by atoms with Gasteiger partial charge in [0, 0.05) is 22.8 Å². The number of carbonyl (C=O) groups excluding carboxylic acids is 1. The molecule has 2 saturated carbocycles. The highest BCUT2D eigenvalue weighted by Crippen LogP contribution is 2.64. The number of anilines is 1. The predicted molar refractivity (Wildman–Crippen MR) is 156 cm³/mol. The van der Waals surface area contributed by atoms with Crippen molar-refractivity contribution in [2.75, 3.05) is 4.90 Å². The molecule has 9 heteroatoms. The molecule has 2 atom stereocenters. The molecule has 2 N–H and O–H groups in total. The molecule has 3 aromatic rings. The zero-order valence-corrected chi connectivity index (χ0v) is 23.2. The summed E-state index contributed by atoms with van der Waals surface area (Å²) in [6.07, 6.45) is 4.89. The van der Waals surface area contributed by atoms with Crippen LogP contribution in [0.5, 0.6) is 5.75 Å². The van der Waals surface area contributed by atoms with Gasteiger partial charge in [-0.2, -0.15) is 5.10 Å². The summed E-state index contributed by atoms with van der Waals surface area (Å²) in [6.45, 7) is 6.91. The van der Waals surface area contributed by atoms with Gasteiger partial charge in [-0.15, -0.1) is 5.10 Å². The number of amides is 1. The summed E-state index contributed by atoms with van der Waals surface area (Å²) in [7, 11) is 0. The van der Waals surface area contributed by atoms with Gasteiger partial charge in [0.15, 0.2) is 0 Å². The van der Waals surface area contributed by atoms with Crippen LogP contribution < -0.4 is 4.90 Å². The highest BCUT2D eigenvalue weighted by Gasteiger charge is 2.60. The van der Waals surface area contributed by atoms with Crippen LogP contribution >= 0.6 is 11.8 Å². The number of hydrogen-bond donors (Lipinski definition) is 2. The van der Waals surface area contributed by atoms with E-state index in [1.165, 1.54) is 47.3 Å². The maximum atomic E-state index is 13.6. The first-order valence-electron chi connectivity index (χ1n) is 13.2. The van der Waals surface area contributed by atoms with Gasteiger partial charge in [0.1, 0.15) is 17.3 Å². The Kier molecular flexibility index (Phi) is 6.22. The van der Waals surface area contributed by atoms with Gasteiger partial charge in [-0.3, -0.25) is 9.69 Å². The van der Waals surface area contributed by atoms with Crippen molar-refractivity contribution in [2.24, 2.45) is 27.0 Å². The first-order chi connectivity index (χ1) is 19.1. The molecule has 3 fully saturated rings. The number of rotatable bonds is 5. The molecule has 2 bridgehead atoms. The fraction of sp³-hybridized carbons (Fsp3) is 0.290. The van der Waals surface area contributed by atoms with Crippen LogP contribution in [0.3, 0.4) is 0 Å². The van der Waals surface area contributed by atoms with Gasteiger partial charge < -0.3 is 14.6 Å². The number of carbonyl (C=O) groups is 2. The minimum Gasteiger partial charge on any atom is -0.508 e. The van der Waals surface area contributed by atoms with Gasteiger partial charge in [0.05, 0.1) is 16.2 Å². The van der Waals surface area contributed by atoms with Crippen molar-refractivity contribution in [2.45, 2.75) is 40.0 Å². The van der Waals surface area contributed by atoms with Gasteiger partial charge >= 0.3 is 5.97 Å². The SMILES string of the molecule is CC12CCC(CC1=NN=C1SC(=Cc3ccc(-c4ccc(C(=O)O)cc4)o3)C(=O)N1c1ccc(O)cc1)C2(C)C. The van der Waals surface area contributed by atoms with Crippen molar-refractivity contribution in [3.05, 3.63) is 76.9 Å². The molecule has 2 heterocycles. The molecule has 1 aromatic heterocycles. The second-order valence-corrected chi connectivity index (χ2v) is 12.3. The Morgan fingerprint density at radius 1 is 1.05 bits per heavy atom. The third-order valence-electron chi connectivity index (χ3n) is 9.00. The van der Waals surface area contributed by atoms with E-state index in [1.54, 1.807) is 42.5 Å². The highest BCUT2D eigenvalue weighted by molar-refractivity contribution is 8.19. The topological polar surface area (TPSA) is 116 Å². The van der Waals surface area contributed by atoms with E-state index >= 15 is 0 Å². The van der Waals surface area contributed by atoms with Crippen molar-refractivity contribution in [3.8, 4) is 17.1 Å². The number of amidine groups is 1. The number of carboxylic acid groups (broad SMARTS) is 1. The smallest absolute Gasteiger partial charge is 0.335 e. The summed E-state index contributed by atoms with van der Waals surface area (Å²) in [5.41, 5.74) is 2.74. The van der Waals surface area contributed by atoms with Gasteiger partial charge in [-0.1, -0.05) is 32.9 Å². The molecule has 1 aliphatic heterocycles. The maximum Gasteiger partial charge on any atom is 0.335 e. The Bertz CT molecular complexity index is 1600. The molecule has 1 amide bonds. The summed E-state index contributed by atoms with van der Waals surface area (Å²) < 4.78 is 5.97. The third-order valence-corrected chi connectivity index (χ3v) is 9.96. The zero-order chi connectivity index (χ0) is 28.2. The quantitative estimate of drug-likeness (QED) is 0.258. The lowest BCUT2D eigenvalue weighted by atomic mass is 9.70. The van der Waals surface area contributed by atoms with E-state index in [1.807, 2.05) is 0 Å². The van der Waals surface area contributed by atoms with E-state index in [9.17, 15) is 14.7 Å². The van der Waals surface area contributed by atoms with E-state index < -0.39 is 5.97 Å². The molecule has 0 spiro atoms. The summed E-state index contributed by atoms with van der Waals surface area (Å²) in [4.78, 5) is 26.7. The number of aromatic hydroxyl groups is 1. The molecular formula is C31H29N3O5S. The van der Waals surface area contributed by atoms with Crippen LogP contribution in [0.25, 0.3) is 17.4 Å². The first kappa shape index (κ1) is 26.1. The van der Waals surface area contributed by atoms with E-state index in [0.717, 1.165) is 24.1 Å². The average molecular weight is 556 g/mol. The van der Waals surface area contributed by atoms with Crippen LogP contribution in [0.15, 0.2) is 80.2 Å². The number of benzene rings is 2. The summed E-state index contributed by atoms with van der Waals surface area (Å²) in [5.74, 6) is 0.474. The van der Waals surface area contributed by atoms with Crippen molar-refractivity contribution in [3.63, 3.8) is 0 Å². The number of phenolic OH excluding ortho intramolecular Hbond substituents is 1. The third kappa shape index (κ3) is 4.25. The van der Waals surface area contributed by atoms with Crippen molar-refractivity contribution >= 4 is 46.3 Å². The molecule has 6 rings (SSSR count). The van der Waals surface area contributed by atoms with E-state index in [0.29, 0.717) is 33.2 Å². The number of thioether (sulfide) groups is 1. The maximum absolute atomic E-state index is 13.6. The van der Waals surface area contributed by atoms with Gasteiger partial charge in [0.2, 0.25) is 5.17 Å². The van der Waals surface area contributed by atoms with Crippen LogP contribution in [-0.2, 0) is 4.79 Å². The fourth-order valence-electron chi connectivity index (χ4n) is 6.05. The second-order valence-electron chi connectivity index (χ2n) is 11.3. The molecule has 8 nitrogen and oxygen atoms in total. The number of fused-ring (bicyclic) bond motifs is 2. The number of nitrogens with zero attached hydrogens (tertiary/aromatic N) is 3. The molecule has 40 heavy (non-hydrogen) atoms. The van der Waals surface area contributed by atoms with Crippen molar-refractivity contribution in [1.29, 1.82) is 0 Å². The number of furan rings is 1. The van der Waals surface area contributed by atoms with Gasteiger partial charge in [-0.25, -0.2) is 4.79 Å². The Hall–Kier alpha value is -4.11. The van der Waals surface area contributed by atoms with Gasteiger partial charge in [0.25, 0.3) is 5.91 Å². The normalized spacial score (nSPS) is 26.5. The van der Waals surface area contributed by atoms with Crippen LogP contribution in [-0.4, -0.2) is 33.0 Å².